The van der Waals surface area contributed by atoms with Crippen LogP contribution in [0.4, 0.5) is 17.1 Å². The van der Waals surface area contributed by atoms with Crippen molar-refractivity contribution >= 4 is 17.1 Å². The standard InChI is InChI=1S/C8H9N3O2/c9-6-3-5-1-2-10-7(5)4-8(6)11(12)13/h3-4,10H,1-2,9H2. The number of nitrogens with two attached hydrogens (primary N) is 1. The van der Waals surface area contributed by atoms with E-state index >= 15 is 0 Å². The van der Waals surface area contributed by atoms with Crippen molar-refractivity contribution in [2.24, 2.45) is 0 Å². The van der Waals surface area contributed by atoms with E-state index in [0.29, 0.717) is 0 Å². The quantitative estimate of drug-likeness (QED) is 0.385. The third-order valence-corrected chi connectivity index (χ3v) is 2.16. The third kappa shape index (κ3) is 1.18. The second-order valence-corrected chi connectivity index (χ2v) is 3.00. The molecule has 0 atom stereocenters. The van der Waals surface area contributed by atoms with Crippen molar-refractivity contribution in [3.63, 3.8) is 0 Å². The van der Waals surface area contributed by atoms with Crippen LogP contribution in [0.25, 0.3) is 0 Å². The molecule has 0 spiro atoms. The van der Waals surface area contributed by atoms with Crippen molar-refractivity contribution in [3.05, 3.63) is 27.8 Å². The van der Waals surface area contributed by atoms with Crippen LogP contribution in [0.3, 0.4) is 0 Å². The van der Waals surface area contributed by atoms with E-state index < -0.39 is 4.92 Å². The second kappa shape index (κ2) is 2.62. The van der Waals surface area contributed by atoms with Gasteiger partial charge < -0.3 is 11.1 Å². The summed E-state index contributed by atoms with van der Waals surface area (Å²) in [6.07, 6.45) is 0.886. The predicted octanol–water partition coefficient (Wildman–Crippen LogP) is 1.15. The minimum Gasteiger partial charge on any atom is -0.393 e. The van der Waals surface area contributed by atoms with Crippen LogP contribution in [-0.4, -0.2) is 11.5 Å². The molecule has 0 radical (unpaired) electrons. The van der Waals surface area contributed by atoms with E-state index in [0.717, 1.165) is 24.2 Å². The molecule has 0 unspecified atom stereocenters. The number of hydrogen-bond acceptors (Lipinski definition) is 4. The fourth-order valence-corrected chi connectivity index (χ4v) is 1.51. The Bertz CT molecular complexity index is 376. The monoisotopic (exact) mass is 179 g/mol. The fraction of sp³-hybridized carbons (Fsp3) is 0.250. The zero-order valence-corrected chi connectivity index (χ0v) is 6.91. The highest BCUT2D eigenvalue weighted by Gasteiger charge is 2.18. The van der Waals surface area contributed by atoms with E-state index in [1.807, 2.05) is 0 Å². The van der Waals surface area contributed by atoms with Crippen LogP contribution in [0.5, 0.6) is 0 Å². The summed E-state index contributed by atoms with van der Waals surface area (Å²) >= 11 is 0. The van der Waals surface area contributed by atoms with E-state index in [-0.39, 0.29) is 11.4 Å². The Kier molecular flexibility index (Phi) is 1.58. The van der Waals surface area contributed by atoms with Crippen molar-refractivity contribution in [1.82, 2.24) is 0 Å². The topological polar surface area (TPSA) is 81.2 Å². The average Bonchev–Trinajstić information content (AvgIpc) is 2.48. The van der Waals surface area contributed by atoms with Gasteiger partial charge in [0.05, 0.1) is 4.92 Å². The molecule has 1 aliphatic heterocycles. The Morgan fingerprint density at radius 3 is 3.00 bits per heavy atom. The van der Waals surface area contributed by atoms with E-state index in [1.54, 1.807) is 6.07 Å². The molecule has 68 valence electrons. The summed E-state index contributed by atoms with van der Waals surface area (Å²) < 4.78 is 0. The van der Waals surface area contributed by atoms with Gasteiger partial charge in [0.2, 0.25) is 0 Å². The number of rotatable bonds is 1. The van der Waals surface area contributed by atoms with Crippen LogP contribution >= 0.6 is 0 Å². The molecule has 5 nitrogen and oxygen atoms in total. The molecule has 1 aliphatic rings. The van der Waals surface area contributed by atoms with Gasteiger partial charge in [-0.3, -0.25) is 10.1 Å². The predicted molar refractivity (Wildman–Crippen MR) is 49.7 cm³/mol. The molecule has 1 aromatic carbocycles. The first-order valence-corrected chi connectivity index (χ1v) is 3.99. The third-order valence-electron chi connectivity index (χ3n) is 2.16. The van der Waals surface area contributed by atoms with Crippen LogP contribution < -0.4 is 11.1 Å². The lowest BCUT2D eigenvalue weighted by Crippen LogP contribution is -1.97. The summed E-state index contributed by atoms with van der Waals surface area (Å²) in [5.41, 5.74) is 7.64. The highest BCUT2D eigenvalue weighted by atomic mass is 16.6. The van der Waals surface area contributed by atoms with Crippen molar-refractivity contribution in [2.75, 3.05) is 17.6 Å². The number of nitro benzene ring substituents is 1. The molecule has 0 fully saturated rings. The minimum atomic E-state index is -0.463. The Labute approximate surface area is 74.7 Å². The molecular formula is C8H9N3O2. The van der Waals surface area contributed by atoms with Gasteiger partial charge in [-0.15, -0.1) is 0 Å². The lowest BCUT2D eigenvalue weighted by atomic mass is 10.1. The van der Waals surface area contributed by atoms with Gasteiger partial charge >= 0.3 is 0 Å². The van der Waals surface area contributed by atoms with Crippen molar-refractivity contribution < 1.29 is 4.92 Å². The van der Waals surface area contributed by atoms with Gasteiger partial charge in [-0.2, -0.15) is 0 Å². The normalized spacial score (nSPS) is 13.5. The van der Waals surface area contributed by atoms with Gasteiger partial charge in [0.15, 0.2) is 0 Å². The van der Waals surface area contributed by atoms with Crippen LogP contribution in [-0.2, 0) is 6.42 Å². The molecule has 0 aromatic heterocycles. The molecule has 13 heavy (non-hydrogen) atoms. The maximum absolute atomic E-state index is 10.5. The van der Waals surface area contributed by atoms with Gasteiger partial charge in [0.25, 0.3) is 5.69 Å². The van der Waals surface area contributed by atoms with Crippen LogP contribution in [0.1, 0.15) is 5.56 Å². The van der Waals surface area contributed by atoms with Crippen LogP contribution in [0, 0.1) is 10.1 Å². The SMILES string of the molecule is Nc1cc2c(cc1[N+](=O)[O-])NCC2. The first-order valence-electron chi connectivity index (χ1n) is 3.99. The maximum Gasteiger partial charge on any atom is 0.294 e. The lowest BCUT2D eigenvalue weighted by molar-refractivity contribution is -0.383. The van der Waals surface area contributed by atoms with Gasteiger partial charge in [0.1, 0.15) is 5.69 Å². The first kappa shape index (κ1) is 7.85. The lowest BCUT2D eigenvalue weighted by Gasteiger charge is -2.01. The Morgan fingerprint density at radius 2 is 2.31 bits per heavy atom. The zero-order valence-electron chi connectivity index (χ0n) is 6.91. The number of anilines is 2. The fourth-order valence-electron chi connectivity index (χ4n) is 1.51. The number of nitrogen functional groups attached to an aromatic ring is 1. The highest BCUT2D eigenvalue weighted by molar-refractivity contribution is 5.70. The molecule has 2 rings (SSSR count). The molecular weight excluding hydrogens is 170 g/mol. The second-order valence-electron chi connectivity index (χ2n) is 3.00. The Balaban J connectivity index is 2.55. The summed E-state index contributed by atoms with van der Waals surface area (Å²) in [4.78, 5) is 10.1. The average molecular weight is 179 g/mol. The zero-order chi connectivity index (χ0) is 9.42. The summed E-state index contributed by atoms with van der Waals surface area (Å²) in [5.74, 6) is 0. The Hall–Kier alpha value is -1.78. The molecule has 0 saturated heterocycles. The van der Waals surface area contributed by atoms with Gasteiger partial charge in [-0.25, -0.2) is 0 Å². The van der Waals surface area contributed by atoms with Crippen molar-refractivity contribution in [2.45, 2.75) is 6.42 Å². The molecule has 0 amide bonds. The van der Waals surface area contributed by atoms with E-state index in [2.05, 4.69) is 5.32 Å². The Morgan fingerprint density at radius 1 is 1.54 bits per heavy atom. The number of nitrogens with zero attached hydrogens (tertiary/aromatic N) is 1. The van der Waals surface area contributed by atoms with Crippen LogP contribution in [0.15, 0.2) is 12.1 Å². The minimum absolute atomic E-state index is 0.0202. The first-order chi connectivity index (χ1) is 6.18. The molecule has 1 aromatic rings. The number of nitrogens with one attached hydrogen (secondary N) is 1. The maximum atomic E-state index is 10.5. The summed E-state index contributed by atoms with van der Waals surface area (Å²) in [5, 5.41) is 13.6. The van der Waals surface area contributed by atoms with E-state index in [1.165, 1.54) is 6.07 Å². The molecule has 0 saturated carbocycles. The van der Waals surface area contributed by atoms with E-state index in [9.17, 15) is 10.1 Å². The smallest absolute Gasteiger partial charge is 0.294 e. The number of benzene rings is 1. The summed E-state index contributed by atoms with van der Waals surface area (Å²) in [7, 11) is 0. The number of nitro groups is 1. The van der Waals surface area contributed by atoms with Crippen LogP contribution in [0.2, 0.25) is 0 Å². The van der Waals surface area contributed by atoms with Crippen molar-refractivity contribution in [3.8, 4) is 0 Å². The summed E-state index contributed by atoms with van der Waals surface area (Å²) in [6.45, 7) is 0.829. The van der Waals surface area contributed by atoms with Crippen molar-refractivity contribution in [1.29, 1.82) is 0 Å². The van der Waals surface area contributed by atoms with Gasteiger partial charge in [0, 0.05) is 18.3 Å². The summed E-state index contributed by atoms with van der Waals surface area (Å²) in [6, 6.07) is 3.17. The van der Waals surface area contributed by atoms with E-state index in [4.69, 9.17) is 5.73 Å². The highest BCUT2D eigenvalue weighted by Crippen LogP contribution is 2.31. The molecule has 0 aliphatic carbocycles. The number of hydrogen-bond donors (Lipinski definition) is 2. The largest absolute Gasteiger partial charge is 0.393 e. The van der Waals surface area contributed by atoms with Gasteiger partial charge in [-0.1, -0.05) is 0 Å². The molecule has 3 N–H and O–H groups in total. The van der Waals surface area contributed by atoms with Gasteiger partial charge in [-0.05, 0) is 18.1 Å². The molecule has 5 heteroatoms. The molecule has 0 bridgehead atoms. The number of fused-ring (bicyclic) bond motifs is 1. The molecule has 1 heterocycles.